The van der Waals surface area contributed by atoms with E-state index in [1.54, 1.807) is 21.3 Å². The van der Waals surface area contributed by atoms with Crippen LogP contribution in [0, 0.1) is 0 Å². The van der Waals surface area contributed by atoms with Crippen LogP contribution in [-0.2, 0) is 13.1 Å². The highest BCUT2D eigenvalue weighted by atomic mass is 35.5. The molecule has 0 aliphatic heterocycles. The minimum Gasteiger partial charge on any atom is -0.497 e. The van der Waals surface area contributed by atoms with Crippen LogP contribution < -0.4 is 19.5 Å². The normalized spacial score (nSPS) is 9.77. The molecule has 0 radical (unpaired) electrons. The first-order valence-electron chi connectivity index (χ1n) is 6.81. The molecule has 4 nitrogen and oxygen atoms in total. The molecule has 0 fully saturated rings. The van der Waals surface area contributed by atoms with Gasteiger partial charge in [-0.25, -0.2) is 0 Å². The molecule has 0 unspecified atom stereocenters. The van der Waals surface area contributed by atoms with Gasteiger partial charge in [0.25, 0.3) is 0 Å². The maximum Gasteiger partial charge on any atom is 0.161 e. The van der Waals surface area contributed by atoms with E-state index in [0.717, 1.165) is 35.9 Å². The Morgan fingerprint density at radius 1 is 0.727 bits per heavy atom. The summed E-state index contributed by atoms with van der Waals surface area (Å²) in [6.45, 7) is 1.57. The van der Waals surface area contributed by atoms with Crippen molar-refractivity contribution in [3.63, 3.8) is 0 Å². The zero-order chi connectivity index (χ0) is 15.1. The molecule has 0 bridgehead atoms. The number of ether oxygens (including phenoxy) is 3. The lowest BCUT2D eigenvalue weighted by molar-refractivity contribution is 0.354. The Hall–Kier alpha value is -1.91. The maximum absolute atomic E-state index is 5.30. The van der Waals surface area contributed by atoms with Crippen molar-refractivity contribution in [2.45, 2.75) is 13.1 Å². The zero-order valence-electron chi connectivity index (χ0n) is 13.1. The lowest BCUT2D eigenvalue weighted by Gasteiger charge is -2.10. The van der Waals surface area contributed by atoms with Crippen molar-refractivity contribution < 1.29 is 14.2 Å². The van der Waals surface area contributed by atoms with Gasteiger partial charge in [0, 0.05) is 13.1 Å². The van der Waals surface area contributed by atoms with Gasteiger partial charge in [0.15, 0.2) is 11.5 Å². The molecule has 2 aromatic carbocycles. The second-order valence-electron chi connectivity index (χ2n) is 4.64. The fourth-order valence-corrected chi connectivity index (χ4v) is 2.09. The highest BCUT2D eigenvalue weighted by Gasteiger charge is 2.04. The Morgan fingerprint density at radius 3 is 1.91 bits per heavy atom. The third-order valence-electron chi connectivity index (χ3n) is 3.27. The van der Waals surface area contributed by atoms with Gasteiger partial charge >= 0.3 is 0 Å². The highest BCUT2D eigenvalue weighted by molar-refractivity contribution is 5.85. The van der Waals surface area contributed by atoms with Crippen LogP contribution >= 0.6 is 12.4 Å². The Bertz CT molecular complexity index is 573. The molecule has 0 amide bonds. The number of hydrogen-bond acceptors (Lipinski definition) is 4. The van der Waals surface area contributed by atoms with Crippen molar-refractivity contribution in [2.24, 2.45) is 0 Å². The molecular weight excluding hydrogens is 302 g/mol. The number of nitrogens with one attached hydrogen (secondary N) is 1. The minimum atomic E-state index is 0. The van der Waals surface area contributed by atoms with Crippen molar-refractivity contribution in [1.29, 1.82) is 0 Å². The molecule has 0 aromatic heterocycles. The number of halogens is 1. The number of hydrogen-bond donors (Lipinski definition) is 1. The number of rotatable bonds is 7. The molecule has 0 saturated carbocycles. The summed E-state index contributed by atoms with van der Waals surface area (Å²) >= 11 is 0. The number of benzene rings is 2. The highest BCUT2D eigenvalue weighted by Crippen LogP contribution is 2.27. The Balaban J connectivity index is 0.00000242. The third-order valence-corrected chi connectivity index (χ3v) is 3.27. The number of methoxy groups -OCH3 is 3. The Kier molecular flexibility index (Phi) is 7.57. The monoisotopic (exact) mass is 323 g/mol. The lowest BCUT2D eigenvalue weighted by atomic mass is 10.2. The molecular formula is C17H22ClNO3. The minimum absolute atomic E-state index is 0. The van der Waals surface area contributed by atoms with Gasteiger partial charge in [0.1, 0.15) is 5.75 Å². The summed E-state index contributed by atoms with van der Waals surface area (Å²) in [6.07, 6.45) is 0. The first-order chi connectivity index (χ1) is 10.3. The average Bonchev–Trinajstić information content (AvgIpc) is 2.55. The summed E-state index contributed by atoms with van der Waals surface area (Å²) in [7, 11) is 4.95. The molecule has 120 valence electrons. The summed E-state index contributed by atoms with van der Waals surface area (Å²) in [5.74, 6) is 2.37. The first-order valence-corrected chi connectivity index (χ1v) is 6.81. The smallest absolute Gasteiger partial charge is 0.161 e. The lowest BCUT2D eigenvalue weighted by Crippen LogP contribution is -2.12. The van der Waals surface area contributed by atoms with Gasteiger partial charge in [-0.2, -0.15) is 0 Å². The van der Waals surface area contributed by atoms with Crippen LogP contribution in [0.15, 0.2) is 42.5 Å². The average molecular weight is 324 g/mol. The van der Waals surface area contributed by atoms with Crippen molar-refractivity contribution >= 4 is 12.4 Å². The van der Waals surface area contributed by atoms with Crippen LogP contribution in [0.25, 0.3) is 0 Å². The van der Waals surface area contributed by atoms with Crippen LogP contribution in [0.5, 0.6) is 17.2 Å². The van der Waals surface area contributed by atoms with E-state index >= 15 is 0 Å². The summed E-state index contributed by atoms with van der Waals surface area (Å²) in [6, 6.07) is 14.0. The van der Waals surface area contributed by atoms with E-state index in [9.17, 15) is 0 Å². The van der Waals surface area contributed by atoms with Gasteiger partial charge < -0.3 is 19.5 Å². The van der Waals surface area contributed by atoms with Crippen LogP contribution in [0.3, 0.4) is 0 Å². The van der Waals surface area contributed by atoms with Crippen LogP contribution in [0.2, 0.25) is 0 Å². The molecule has 5 heteroatoms. The van der Waals surface area contributed by atoms with E-state index in [0.29, 0.717) is 0 Å². The fraction of sp³-hybridized carbons (Fsp3) is 0.294. The predicted molar refractivity (Wildman–Crippen MR) is 90.3 cm³/mol. The molecule has 2 aromatic rings. The summed E-state index contributed by atoms with van der Waals surface area (Å²) < 4.78 is 15.7. The van der Waals surface area contributed by atoms with E-state index in [1.165, 1.54) is 5.56 Å². The molecule has 0 spiro atoms. The third kappa shape index (κ3) is 4.83. The standard InChI is InChI=1S/C17H21NO3.ClH/c1-19-15-7-4-13(5-8-15)11-18-12-14-6-9-16(20-2)17(10-14)21-3;/h4-10,18H,11-12H2,1-3H3;1H. The Labute approximate surface area is 137 Å². The SMILES string of the molecule is COc1ccc(CNCc2ccc(OC)c(OC)c2)cc1.Cl. The van der Waals surface area contributed by atoms with E-state index in [2.05, 4.69) is 17.4 Å². The van der Waals surface area contributed by atoms with E-state index in [4.69, 9.17) is 14.2 Å². The van der Waals surface area contributed by atoms with Gasteiger partial charge in [0.2, 0.25) is 0 Å². The fourth-order valence-electron chi connectivity index (χ4n) is 2.09. The zero-order valence-corrected chi connectivity index (χ0v) is 13.9. The van der Waals surface area contributed by atoms with Crippen molar-refractivity contribution in [3.8, 4) is 17.2 Å². The van der Waals surface area contributed by atoms with Crippen molar-refractivity contribution in [1.82, 2.24) is 5.32 Å². The van der Waals surface area contributed by atoms with E-state index < -0.39 is 0 Å². The summed E-state index contributed by atoms with van der Waals surface area (Å²) in [5.41, 5.74) is 2.37. The van der Waals surface area contributed by atoms with Crippen LogP contribution in [-0.4, -0.2) is 21.3 Å². The van der Waals surface area contributed by atoms with Gasteiger partial charge in [-0.1, -0.05) is 18.2 Å². The molecule has 0 aliphatic carbocycles. The van der Waals surface area contributed by atoms with Gasteiger partial charge in [0.05, 0.1) is 21.3 Å². The molecule has 2 rings (SSSR count). The topological polar surface area (TPSA) is 39.7 Å². The van der Waals surface area contributed by atoms with Gasteiger partial charge in [-0.05, 0) is 35.4 Å². The quantitative estimate of drug-likeness (QED) is 0.847. The molecule has 0 heterocycles. The van der Waals surface area contributed by atoms with Crippen LogP contribution in [0.1, 0.15) is 11.1 Å². The first kappa shape index (κ1) is 18.1. The molecule has 0 aliphatic rings. The van der Waals surface area contributed by atoms with Gasteiger partial charge in [-0.3, -0.25) is 0 Å². The van der Waals surface area contributed by atoms with Crippen molar-refractivity contribution in [2.75, 3.05) is 21.3 Å². The van der Waals surface area contributed by atoms with E-state index in [-0.39, 0.29) is 12.4 Å². The maximum atomic E-state index is 5.30. The molecule has 22 heavy (non-hydrogen) atoms. The van der Waals surface area contributed by atoms with Crippen LogP contribution in [0.4, 0.5) is 0 Å². The molecule has 1 N–H and O–H groups in total. The van der Waals surface area contributed by atoms with Crippen molar-refractivity contribution in [3.05, 3.63) is 53.6 Å². The largest absolute Gasteiger partial charge is 0.497 e. The summed E-state index contributed by atoms with van der Waals surface area (Å²) in [4.78, 5) is 0. The van der Waals surface area contributed by atoms with Gasteiger partial charge in [-0.15, -0.1) is 12.4 Å². The summed E-state index contributed by atoms with van der Waals surface area (Å²) in [5, 5.41) is 3.41. The second kappa shape index (κ2) is 9.18. The molecule has 0 atom stereocenters. The second-order valence-corrected chi connectivity index (χ2v) is 4.64. The predicted octanol–water partition coefficient (Wildman–Crippen LogP) is 3.42. The molecule has 0 saturated heterocycles. The van der Waals surface area contributed by atoms with E-state index in [1.807, 2.05) is 30.3 Å². The Morgan fingerprint density at radius 2 is 1.32 bits per heavy atom.